The molecule has 0 bridgehead atoms. The van der Waals surface area contributed by atoms with Crippen LogP contribution >= 0.6 is 0 Å². The maximum atomic E-state index is 12.4. The van der Waals surface area contributed by atoms with Crippen LogP contribution in [0.25, 0.3) is 0 Å². The van der Waals surface area contributed by atoms with Gasteiger partial charge in [-0.25, -0.2) is 18.4 Å². The number of halogens is 2. The van der Waals surface area contributed by atoms with Crippen LogP contribution in [-0.2, 0) is 0 Å². The Bertz CT molecular complexity index is 635. The molecule has 7 nitrogen and oxygen atoms in total. The van der Waals surface area contributed by atoms with Crippen molar-refractivity contribution < 1.29 is 18.4 Å². The minimum absolute atomic E-state index is 0.154. The maximum absolute atomic E-state index is 12.4. The van der Waals surface area contributed by atoms with Gasteiger partial charge in [-0.2, -0.15) is 0 Å². The van der Waals surface area contributed by atoms with E-state index in [0.29, 0.717) is 45.0 Å². The third-order valence-corrected chi connectivity index (χ3v) is 4.32. The average molecular weight is 353 g/mol. The lowest BCUT2D eigenvalue weighted by molar-refractivity contribution is 0.0651. The molecular weight excluding hydrogens is 332 g/mol. The predicted molar refractivity (Wildman–Crippen MR) is 90.2 cm³/mol. The number of piperazine rings is 1. The molecular formula is C16H21F2N5O2. The fourth-order valence-electron chi connectivity index (χ4n) is 3.00. The summed E-state index contributed by atoms with van der Waals surface area (Å²) in [4.78, 5) is 28.9. The quantitative estimate of drug-likeness (QED) is 0.865. The van der Waals surface area contributed by atoms with Crippen LogP contribution < -0.4 is 15.5 Å². The van der Waals surface area contributed by atoms with Crippen molar-refractivity contribution in [3.05, 3.63) is 24.3 Å². The average Bonchev–Trinajstić information content (AvgIpc) is 3.01. The van der Waals surface area contributed by atoms with Gasteiger partial charge in [-0.05, 0) is 18.2 Å². The zero-order valence-electron chi connectivity index (χ0n) is 13.8. The number of rotatable bonds is 4. The summed E-state index contributed by atoms with van der Waals surface area (Å²) < 4.78 is 24.8. The minimum Gasteiger partial charge on any atom is -0.336 e. The van der Waals surface area contributed by atoms with Crippen LogP contribution in [0.5, 0.6) is 0 Å². The first-order valence-electron chi connectivity index (χ1n) is 8.25. The van der Waals surface area contributed by atoms with Crippen molar-refractivity contribution in [2.24, 2.45) is 0 Å². The standard InChI is InChI=1S/C16H21F2N5O2/c17-14(18)11-21-6-8-22(9-7-21)16(25)20-12-2-1-3-13(10-12)23-5-4-19-15(23)24/h1-3,10,14H,4-9,11H2,(H,19,24)(H,20,25). The molecule has 3 rings (SSSR count). The molecule has 0 saturated carbocycles. The van der Waals surface area contributed by atoms with Crippen molar-refractivity contribution in [2.75, 3.05) is 56.0 Å². The van der Waals surface area contributed by atoms with Crippen molar-refractivity contribution >= 4 is 23.4 Å². The van der Waals surface area contributed by atoms with Crippen LogP contribution in [0.15, 0.2) is 24.3 Å². The van der Waals surface area contributed by atoms with Crippen LogP contribution in [0.1, 0.15) is 0 Å². The molecule has 2 aliphatic heterocycles. The third-order valence-electron chi connectivity index (χ3n) is 4.32. The van der Waals surface area contributed by atoms with Gasteiger partial charge in [0.1, 0.15) is 0 Å². The molecule has 0 radical (unpaired) electrons. The first-order valence-corrected chi connectivity index (χ1v) is 8.25. The molecule has 0 spiro atoms. The number of nitrogens with zero attached hydrogens (tertiary/aromatic N) is 3. The summed E-state index contributed by atoms with van der Waals surface area (Å²) in [6, 6.07) is 6.66. The number of benzene rings is 1. The molecule has 2 heterocycles. The van der Waals surface area contributed by atoms with E-state index < -0.39 is 6.43 Å². The Labute approximate surface area is 144 Å². The van der Waals surface area contributed by atoms with Crippen molar-refractivity contribution in [2.45, 2.75) is 6.43 Å². The minimum atomic E-state index is -2.36. The number of nitrogens with one attached hydrogen (secondary N) is 2. The van der Waals surface area contributed by atoms with E-state index in [1.807, 2.05) is 6.07 Å². The van der Waals surface area contributed by atoms with Crippen molar-refractivity contribution in [3.8, 4) is 0 Å². The molecule has 136 valence electrons. The lowest BCUT2D eigenvalue weighted by Gasteiger charge is -2.34. The van der Waals surface area contributed by atoms with Gasteiger partial charge in [0.2, 0.25) is 0 Å². The fourth-order valence-corrected chi connectivity index (χ4v) is 3.00. The number of hydrogen-bond acceptors (Lipinski definition) is 3. The molecule has 2 N–H and O–H groups in total. The highest BCUT2D eigenvalue weighted by Gasteiger charge is 2.24. The van der Waals surface area contributed by atoms with Crippen molar-refractivity contribution in [3.63, 3.8) is 0 Å². The molecule has 1 aromatic rings. The van der Waals surface area contributed by atoms with Crippen molar-refractivity contribution in [1.29, 1.82) is 0 Å². The molecule has 25 heavy (non-hydrogen) atoms. The largest absolute Gasteiger partial charge is 0.336 e. The van der Waals surface area contributed by atoms with E-state index in [-0.39, 0.29) is 18.6 Å². The Morgan fingerprint density at radius 3 is 2.60 bits per heavy atom. The second kappa shape index (κ2) is 7.64. The lowest BCUT2D eigenvalue weighted by atomic mass is 10.2. The van der Waals surface area contributed by atoms with Gasteiger partial charge in [0.25, 0.3) is 6.43 Å². The summed E-state index contributed by atoms with van der Waals surface area (Å²) in [7, 11) is 0. The predicted octanol–water partition coefficient (Wildman–Crippen LogP) is 1.63. The van der Waals surface area contributed by atoms with Crippen LogP contribution in [0.4, 0.5) is 29.7 Å². The highest BCUT2D eigenvalue weighted by Crippen LogP contribution is 2.21. The topological polar surface area (TPSA) is 67.9 Å². The first kappa shape index (κ1) is 17.4. The highest BCUT2D eigenvalue weighted by atomic mass is 19.3. The number of alkyl halides is 2. The number of carbonyl (C=O) groups excluding carboxylic acids is 2. The second-order valence-corrected chi connectivity index (χ2v) is 6.04. The summed E-state index contributed by atoms with van der Waals surface area (Å²) in [5.41, 5.74) is 1.31. The number of hydrogen-bond donors (Lipinski definition) is 2. The van der Waals surface area contributed by atoms with E-state index in [4.69, 9.17) is 0 Å². The molecule has 2 fully saturated rings. The Balaban J connectivity index is 1.56. The van der Waals surface area contributed by atoms with Gasteiger partial charge in [-0.1, -0.05) is 6.07 Å². The van der Waals surface area contributed by atoms with Crippen LogP contribution in [0, 0.1) is 0 Å². The molecule has 9 heteroatoms. The van der Waals surface area contributed by atoms with Gasteiger partial charge >= 0.3 is 12.1 Å². The molecule has 2 aliphatic rings. The molecule has 0 aromatic heterocycles. The Hall–Kier alpha value is -2.42. The lowest BCUT2D eigenvalue weighted by Crippen LogP contribution is -2.50. The van der Waals surface area contributed by atoms with Gasteiger partial charge in [0.15, 0.2) is 0 Å². The smallest absolute Gasteiger partial charge is 0.321 e. The summed E-state index contributed by atoms with van der Waals surface area (Å²) in [6.07, 6.45) is -2.36. The van der Waals surface area contributed by atoms with E-state index in [0.717, 1.165) is 5.69 Å². The second-order valence-electron chi connectivity index (χ2n) is 6.04. The van der Waals surface area contributed by atoms with Gasteiger partial charge in [-0.3, -0.25) is 9.80 Å². The van der Waals surface area contributed by atoms with Gasteiger partial charge < -0.3 is 15.5 Å². The normalized spacial score (nSPS) is 18.6. The molecule has 4 amide bonds. The van der Waals surface area contributed by atoms with Crippen LogP contribution in [0.2, 0.25) is 0 Å². The molecule has 0 unspecified atom stereocenters. The fraction of sp³-hybridized carbons (Fsp3) is 0.500. The monoisotopic (exact) mass is 353 g/mol. The van der Waals surface area contributed by atoms with E-state index in [1.165, 1.54) is 0 Å². The number of amides is 4. The van der Waals surface area contributed by atoms with Crippen molar-refractivity contribution in [1.82, 2.24) is 15.1 Å². The Morgan fingerprint density at radius 1 is 1.20 bits per heavy atom. The molecule has 0 atom stereocenters. The summed E-state index contributed by atoms with van der Waals surface area (Å²) in [5, 5.41) is 5.54. The van der Waals surface area contributed by atoms with E-state index in [9.17, 15) is 18.4 Å². The summed E-state index contributed by atoms with van der Waals surface area (Å²) in [6.45, 7) is 2.62. The summed E-state index contributed by atoms with van der Waals surface area (Å²) >= 11 is 0. The molecule has 0 aliphatic carbocycles. The SMILES string of the molecule is O=C(Nc1cccc(N2CCNC2=O)c1)N1CCN(CC(F)F)CC1. The molecule has 2 saturated heterocycles. The van der Waals surface area contributed by atoms with E-state index >= 15 is 0 Å². The first-order chi connectivity index (χ1) is 12.0. The van der Waals surface area contributed by atoms with Gasteiger partial charge in [0.05, 0.1) is 6.54 Å². The zero-order chi connectivity index (χ0) is 17.8. The van der Waals surface area contributed by atoms with E-state index in [2.05, 4.69) is 10.6 Å². The number of anilines is 2. The third kappa shape index (κ3) is 4.36. The van der Waals surface area contributed by atoms with Crippen LogP contribution in [0.3, 0.4) is 0 Å². The van der Waals surface area contributed by atoms with Crippen LogP contribution in [-0.4, -0.2) is 74.1 Å². The Kier molecular flexibility index (Phi) is 5.32. The zero-order valence-corrected chi connectivity index (χ0v) is 13.8. The van der Waals surface area contributed by atoms with Gasteiger partial charge in [-0.15, -0.1) is 0 Å². The summed E-state index contributed by atoms with van der Waals surface area (Å²) in [5.74, 6) is 0. The maximum Gasteiger partial charge on any atom is 0.321 e. The van der Waals surface area contributed by atoms with E-state index in [1.54, 1.807) is 32.9 Å². The highest BCUT2D eigenvalue weighted by molar-refractivity contribution is 5.95. The number of urea groups is 2. The number of carbonyl (C=O) groups is 2. The molecule has 1 aromatic carbocycles. The Morgan fingerprint density at radius 2 is 1.96 bits per heavy atom. The van der Waals surface area contributed by atoms with Gasteiger partial charge in [0, 0.05) is 50.6 Å².